The molecule has 7 heteroatoms. The molecule has 0 amide bonds. The predicted octanol–water partition coefficient (Wildman–Crippen LogP) is 2.09. The van der Waals surface area contributed by atoms with Crippen molar-refractivity contribution in [1.29, 1.82) is 0 Å². The van der Waals surface area contributed by atoms with Crippen molar-refractivity contribution in [1.82, 2.24) is 9.55 Å². The number of para-hydroxylation sites is 1. The first-order valence-electron chi connectivity index (χ1n) is 9.85. The number of hydrogen-bond acceptors (Lipinski definition) is 6. The van der Waals surface area contributed by atoms with Gasteiger partial charge in [-0.25, -0.2) is 9.78 Å². The lowest BCUT2D eigenvalue weighted by Crippen LogP contribution is -2.44. The SMILES string of the molecule is CC[C@@]1(O)C(=O)OCc2c1cc1n(c2=O)Cc2c-1nc1ccccc1c2/C=C/CO. The van der Waals surface area contributed by atoms with Crippen LogP contribution < -0.4 is 5.56 Å². The number of fused-ring (bicyclic) bond motifs is 5. The van der Waals surface area contributed by atoms with Crippen molar-refractivity contribution in [3.05, 3.63) is 69.0 Å². The van der Waals surface area contributed by atoms with Gasteiger partial charge in [-0.1, -0.05) is 37.3 Å². The standard InChI is InChI=1S/C23H20N2O5/c1-2-23(29)17-10-19-20-15(11-25(19)21(27)16(17)12-30-22(23)28)13(7-5-9-26)14-6-3-4-8-18(14)24-20/h3-8,10,26,29H,2,9,11-12H2,1H3/b7-5+/t23-/m0/s1. The number of esters is 1. The van der Waals surface area contributed by atoms with Crippen LogP contribution in [0.1, 0.15) is 35.6 Å². The molecule has 1 aromatic carbocycles. The summed E-state index contributed by atoms with van der Waals surface area (Å²) in [7, 11) is 0. The molecule has 7 nitrogen and oxygen atoms in total. The zero-order valence-corrected chi connectivity index (χ0v) is 16.4. The van der Waals surface area contributed by atoms with E-state index in [4.69, 9.17) is 9.72 Å². The summed E-state index contributed by atoms with van der Waals surface area (Å²) < 4.78 is 6.72. The van der Waals surface area contributed by atoms with Crippen molar-refractivity contribution in [2.45, 2.75) is 32.1 Å². The molecule has 30 heavy (non-hydrogen) atoms. The maximum absolute atomic E-state index is 13.3. The van der Waals surface area contributed by atoms with Crippen molar-refractivity contribution in [2.75, 3.05) is 6.61 Å². The Kier molecular flexibility index (Phi) is 4.13. The van der Waals surface area contributed by atoms with Gasteiger partial charge in [-0.05, 0) is 24.1 Å². The van der Waals surface area contributed by atoms with Crippen molar-refractivity contribution >= 4 is 22.9 Å². The van der Waals surface area contributed by atoms with E-state index in [1.165, 1.54) is 0 Å². The van der Waals surface area contributed by atoms with Crippen molar-refractivity contribution in [2.24, 2.45) is 0 Å². The van der Waals surface area contributed by atoms with E-state index in [1.807, 2.05) is 30.3 Å². The number of ether oxygens (including phenoxy) is 1. The Morgan fingerprint density at radius 3 is 2.83 bits per heavy atom. The zero-order valence-electron chi connectivity index (χ0n) is 16.4. The van der Waals surface area contributed by atoms with E-state index in [2.05, 4.69) is 0 Å². The van der Waals surface area contributed by atoms with Crippen LogP contribution in [0.2, 0.25) is 0 Å². The summed E-state index contributed by atoms with van der Waals surface area (Å²) in [5.74, 6) is -0.738. The van der Waals surface area contributed by atoms with Crippen LogP contribution in [0.5, 0.6) is 0 Å². The van der Waals surface area contributed by atoms with Gasteiger partial charge < -0.3 is 19.5 Å². The van der Waals surface area contributed by atoms with Crippen molar-refractivity contribution in [3.8, 4) is 11.4 Å². The van der Waals surface area contributed by atoms with Gasteiger partial charge in [0.2, 0.25) is 0 Å². The van der Waals surface area contributed by atoms with E-state index in [9.17, 15) is 19.8 Å². The first-order valence-corrected chi connectivity index (χ1v) is 9.85. The third-order valence-corrected chi connectivity index (χ3v) is 6.03. The second-order valence-corrected chi connectivity index (χ2v) is 7.56. The predicted molar refractivity (Wildman–Crippen MR) is 111 cm³/mol. The van der Waals surface area contributed by atoms with Gasteiger partial charge in [-0.3, -0.25) is 4.79 Å². The van der Waals surface area contributed by atoms with Crippen LogP contribution in [0.3, 0.4) is 0 Å². The molecule has 2 aliphatic heterocycles. The number of aliphatic hydroxyl groups is 2. The zero-order chi connectivity index (χ0) is 21.0. The topological polar surface area (TPSA) is 102 Å². The molecular formula is C23H20N2O5. The largest absolute Gasteiger partial charge is 0.458 e. The Hall–Kier alpha value is -3.29. The van der Waals surface area contributed by atoms with Gasteiger partial charge in [-0.15, -0.1) is 0 Å². The minimum absolute atomic E-state index is 0.101. The van der Waals surface area contributed by atoms with Gasteiger partial charge in [-0.2, -0.15) is 0 Å². The summed E-state index contributed by atoms with van der Waals surface area (Å²) in [6.07, 6.45) is 3.60. The number of aliphatic hydroxyl groups excluding tert-OH is 1. The van der Waals surface area contributed by atoms with Crippen LogP contribution in [0, 0.1) is 0 Å². The Balaban J connectivity index is 1.83. The lowest BCUT2D eigenvalue weighted by molar-refractivity contribution is -0.172. The molecule has 0 saturated heterocycles. The first-order chi connectivity index (χ1) is 14.5. The van der Waals surface area contributed by atoms with Crippen molar-refractivity contribution < 1.29 is 19.7 Å². The number of rotatable bonds is 3. The number of aromatic nitrogens is 2. The van der Waals surface area contributed by atoms with Gasteiger partial charge in [0.25, 0.3) is 5.56 Å². The van der Waals surface area contributed by atoms with E-state index in [0.29, 0.717) is 29.1 Å². The molecule has 0 saturated carbocycles. The molecule has 0 aliphatic carbocycles. The smallest absolute Gasteiger partial charge is 0.343 e. The van der Waals surface area contributed by atoms with E-state index in [-0.39, 0.29) is 25.2 Å². The average Bonchev–Trinajstić information content (AvgIpc) is 3.13. The Morgan fingerprint density at radius 2 is 2.07 bits per heavy atom. The fourth-order valence-electron chi connectivity index (χ4n) is 4.42. The fourth-order valence-corrected chi connectivity index (χ4v) is 4.42. The molecule has 0 unspecified atom stereocenters. The average molecular weight is 404 g/mol. The molecule has 0 fully saturated rings. The lowest BCUT2D eigenvalue weighted by Gasteiger charge is -2.31. The number of benzene rings is 1. The highest BCUT2D eigenvalue weighted by atomic mass is 16.6. The van der Waals surface area contributed by atoms with Gasteiger partial charge in [0.1, 0.15) is 6.61 Å². The Bertz CT molecular complexity index is 1310. The molecule has 1 atom stereocenters. The van der Waals surface area contributed by atoms with E-state index in [0.717, 1.165) is 22.0 Å². The monoisotopic (exact) mass is 404 g/mol. The highest BCUT2D eigenvalue weighted by molar-refractivity contribution is 5.93. The van der Waals surface area contributed by atoms with Crippen molar-refractivity contribution in [3.63, 3.8) is 0 Å². The summed E-state index contributed by atoms with van der Waals surface area (Å²) in [4.78, 5) is 30.4. The Labute approximate surface area is 171 Å². The number of carbonyl (C=O) groups is 1. The van der Waals surface area contributed by atoms with Gasteiger partial charge >= 0.3 is 5.97 Å². The second-order valence-electron chi connectivity index (χ2n) is 7.56. The molecular weight excluding hydrogens is 384 g/mol. The molecule has 4 heterocycles. The molecule has 0 bridgehead atoms. The number of pyridine rings is 2. The quantitative estimate of drug-likeness (QED) is 0.507. The maximum Gasteiger partial charge on any atom is 0.343 e. The maximum atomic E-state index is 13.3. The van der Waals surface area contributed by atoms with Crippen LogP contribution in [-0.4, -0.2) is 32.3 Å². The van der Waals surface area contributed by atoms with E-state index < -0.39 is 11.6 Å². The molecule has 2 aromatic heterocycles. The van der Waals surface area contributed by atoms with E-state index in [1.54, 1.807) is 23.6 Å². The molecule has 2 aliphatic rings. The van der Waals surface area contributed by atoms with Crippen LogP contribution in [0.4, 0.5) is 0 Å². The Morgan fingerprint density at radius 1 is 1.27 bits per heavy atom. The summed E-state index contributed by atoms with van der Waals surface area (Å²) in [6, 6.07) is 9.36. The van der Waals surface area contributed by atoms with E-state index >= 15 is 0 Å². The number of cyclic esters (lactones) is 1. The fraction of sp³-hybridized carbons (Fsp3) is 0.261. The summed E-state index contributed by atoms with van der Waals surface area (Å²) in [5.41, 5.74) is 2.19. The highest BCUT2D eigenvalue weighted by Crippen LogP contribution is 2.40. The molecule has 0 spiro atoms. The molecule has 3 aromatic rings. The van der Waals surface area contributed by atoms with Crippen LogP contribution in [-0.2, 0) is 28.3 Å². The first kappa shape index (κ1) is 18.7. The lowest BCUT2D eigenvalue weighted by atomic mass is 9.86. The highest BCUT2D eigenvalue weighted by Gasteiger charge is 2.45. The minimum atomic E-state index is -1.85. The molecule has 5 rings (SSSR count). The summed E-state index contributed by atoms with van der Waals surface area (Å²) >= 11 is 0. The third kappa shape index (κ3) is 2.42. The second kappa shape index (κ2) is 6.62. The van der Waals surface area contributed by atoms with Gasteiger partial charge in [0, 0.05) is 16.5 Å². The summed E-state index contributed by atoms with van der Waals surface area (Å²) in [6.45, 7) is 1.74. The van der Waals surface area contributed by atoms with Gasteiger partial charge in [0.15, 0.2) is 5.60 Å². The van der Waals surface area contributed by atoms with Crippen LogP contribution in [0.15, 0.2) is 41.2 Å². The van der Waals surface area contributed by atoms with Gasteiger partial charge in [0.05, 0.1) is 35.6 Å². The third-order valence-electron chi connectivity index (χ3n) is 6.03. The molecule has 152 valence electrons. The number of hydrogen-bond donors (Lipinski definition) is 2. The normalized spacial score (nSPS) is 19.6. The number of carbonyl (C=O) groups excluding carboxylic acids is 1. The minimum Gasteiger partial charge on any atom is -0.458 e. The molecule has 2 N–H and O–H groups in total. The summed E-state index contributed by atoms with van der Waals surface area (Å²) in [5, 5.41) is 21.2. The van der Waals surface area contributed by atoms with Crippen LogP contribution in [0.25, 0.3) is 28.4 Å². The number of nitrogens with zero attached hydrogens (tertiary/aromatic N) is 2. The molecule has 0 radical (unpaired) electrons. The van der Waals surface area contributed by atoms with Crippen LogP contribution >= 0.6 is 0 Å².